The van der Waals surface area contributed by atoms with Crippen LogP contribution in [0.25, 0.3) is 0 Å². The van der Waals surface area contributed by atoms with Crippen molar-refractivity contribution in [2.75, 3.05) is 6.61 Å². The van der Waals surface area contributed by atoms with Gasteiger partial charge in [0.05, 0.1) is 6.61 Å². The first kappa shape index (κ1) is 15.0. The van der Waals surface area contributed by atoms with Crippen LogP contribution >= 0.6 is 0 Å². The largest absolute Gasteiger partial charge is 0.494 e. The van der Waals surface area contributed by atoms with Gasteiger partial charge in [-0.2, -0.15) is 0 Å². The Kier molecular flexibility index (Phi) is 7.51. The summed E-state index contributed by atoms with van der Waals surface area (Å²) < 4.78 is 5.77. The van der Waals surface area contributed by atoms with Crippen molar-refractivity contribution in [3.8, 4) is 5.75 Å². The number of hydrogen-bond acceptors (Lipinski definition) is 2. The van der Waals surface area contributed by atoms with Gasteiger partial charge in [0.2, 0.25) is 0 Å². The second kappa shape index (κ2) is 8.98. The van der Waals surface area contributed by atoms with E-state index in [4.69, 9.17) is 4.74 Å². The molecule has 18 heavy (non-hydrogen) atoms. The van der Waals surface area contributed by atoms with Gasteiger partial charge in [0.25, 0.3) is 0 Å². The van der Waals surface area contributed by atoms with Crippen molar-refractivity contribution in [3.05, 3.63) is 29.8 Å². The van der Waals surface area contributed by atoms with Gasteiger partial charge in [-0.05, 0) is 24.1 Å². The summed E-state index contributed by atoms with van der Waals surface area (Å²) >= 11 is 0. The van der Waals surface area contributed by atoms with E-state index in [-0.39, 0.29) is 0 Å². The molecule has 0 aliphatic rings. The van der Waals surface area contributed by atoms with E-state index in [0.717, 1.165) is 25.3 Å². The van der Waals surface area contributed by atoms with Crippen molar-refractivity contribution in [1.29, 1.82) is 0 Å². The molecule has 0 aliphatic carbocycles. The Labute approximate surface area is 112 Å². The van der Waals surface area contributed by atoms with Crippen LogP contribution in [0.3, 0.4) is 0 Å². The first-order valence-corrected chi connectivity index (χ1v) is 7.17. The SMILES string of the molecule is CCCCCCOc1cccc(CNC(C)C)c1. The summed E-state index contributed by atoms with van der Waals surface area (Å²) in [5.74, 6) is 0.995. The van der Waals surface area contributed by atoms with E-state index in [0.29, 0.717) is 6.04 Å². The summed E-state index contributed by atoms with van der Waals surface area (Å²) in [6, 6.07) is 8.90. The molecule has 102 valence electrons. The fraction of sp³-hybridized carbons (Fsp3) is 0.625. The molecule has 0 spiro atoms. The highest BCUT2D eigenvalue weighted by Gasteiger charge is 1.98. The highest BCUT2D eigenvalue weighted by molar-refractivity contribution is 5.28. The molecule has 0 saturated carbocycles. The minimum absolute atomic E-state index is 0.517. The molecule has 0 atom stereocenters. The van der Waals surface area contributed by atoms with Gasteiger partial charge < -0.3 is 10.1 Å². The zero-order chi connectivity index (χ0) is 13.2. The molecule has 0 aliphatic heterocycles. The monoisotopic (exact) mass is 249 g/mol. The smallest absolute Gasteiger partial charge is 0.119 e. The number of benzene rings is 1. The van der Waals surface area contributed by atoms with Crippen LogP contribution in [-0.4, -0.2) is 12.6 Å². The maximum absolute atomic E-state index is 5.77. The summed E-state index contributed by atoms with van der Waals surface area (Å²) in [6.45, 7) is 8.29. The molecular formula is C16H27NO. The van der Waals surface area contributed by atoms with Gasteiger partial charge in [-0.25, -0.2) is 0 Å². The van der Waals surface area contributed by atoms with Gasteiger partial charge in [0.15, 0.2) is 0 Å². The van der Waals surface area contributed by atoms with Crippen LogP contribution < -0.4 is 10.1 Å². The molecule has 1 aromatic rings. The van der Waals surface area contributed by atoms with Crippen LogP contribution in [0.5, 0.6) is 5.75 Å². The second-order valence-corrected chi connectivity index (χ2v) is 5.09. The van der Waals surface area contributed by atoms with Crippen molar-refractivity contribution >= 4 is 0 Å². The molecule has 0 radical (unpaired) electrons. The van der Waals surface area contributed by atoms with Crippen LogP contribution in [0, 0.1) is 0 Å². The fourth-order valence-corrected chi connectivity index (χ4v) is 1.79. The van der Waals surface area contributed by atoms with Crippen molar-refractivity contribution in [1.82, 2.24) is 5.32 Å². The topological polar surface area (TPSA) is 21.3 Å². The van der Waals surface area contributed by atoms with Gasteiger partial charge in [-0.3, -0.25) is 0 Å². The van der Waals surface area contributed by atoms with E-state index in [2.05, 4.69) is 44.3 Å². The molecule has 0 saturated heterocycles. The molecule has 0 heterocycles. The molecule has 0 fully saturated rings. The van der Waals surface area contributed by atoms with E-state index in [1.807, 2.05) is 6.07 Å². The Hall–Kier alpha value is -1.02. The first-order chi connectivity index (χ1) is 8.72. The minimum atomic E-state index is 0.517. The lowest BCUT2D eigenvalue weighted by Crippen LogP contribution is -2.21. The van der Waals surface area contributed by atoms with Crippen LogP contribution in [0.4, 0.5) is 0 Å². The van der Waals surface area contributed by atoms with E-state index in [1.165, 1.54) is 24.8 Å². The minimum Gasteiger partial charge on any atom is -0.494 e. The van der Waals surface area contributed by atoms with Gasteiger partial charge in [-0.1, -0.05) is 52.2 Å². The van der Waals surface area contributed by atoms with E-state index in [1.54, 1.807) is 0 Å². The number of nitrogens with one attached hydrogen (secondary N) is 1. The maximum Gasteiger partial charge on any atom is 0.119 e. The molecule has 0 aromatic heterocycles. The Morgan fingerprint density at radius 3 is 2.72 bits per heavy atom. The molecule has 1 N–H and O–H groups in total. The lowest BCUT2D eigenvalue weighted by Gasteiger charge is -2.10. The molecule has 0 amide bonds. The van der Waals surface area contributed by atoms with Crippen molar-refractivity contribution in [3.63, 3.8) is 0 Å². The Balaban J connectivity index is 2.30. The highest BCUT2D eigenvalue weighted by atomic mass is 16.5. The lowest BCUT2D eigenvalue weighted by molar-refractivity contribution is 0.304. The molecule has 0 bridgehead atoms. The molecule has 1 rings (SSSR count). The zero-order valence-corrected chi connectivity index (χ0v) is 12.0. The fourth-order valence-electron chi connectivity index (χ4n) is 1.79. The Morgan fingerprint density at radius 2 is 2.00 bits per heavy atom. The van der Waals surface area contributed by atoms with Crippen LogP contribution in [0.2, 0.25) is 0 Å². The second-order valence-electron chi connectivity index (χ2n) is 5.09. The third kappa shape index (κ3) is 6.65. The number of hydrogen-bond donors (Lipinski definition) is 1. The van der Waals surface area contributed by atoms with Gasteiger partial charge in [0.1, 0.15) is 5.75 Å². The average molecular weight is 249 g/mol. The van der Waals surface area contributed by atoms with Crippen molar-refractivity contribution in [2.24, 2.45) is 0 Å². The maximum atomic E-state index is 5.77. The third-order valence-electron chi connectivity index (χ3n) is 2.88. The predicted molar refractivity (Wildman–Crippen MR) is 78.1 cm³/mol. The summed E-state index contributed by atoms with van der Waals surface area (Å²) in [4.78, 5) is 0. The molecule has 2 heteroatoms. The van der Waals surface area contributed by atoms with Crippen LogP contribution in [-0.2, 0) is 6.54 Å². The van der Waals surface area contributed by atoms with Gasteiger partial charge >= 0.3 is 0 Å². The van der Waals surface area contributed by atoms with E-state index in [9.17, 15) is 0 Å². The number of unbranched alkanes of at least 4 members (excludes halogenated alkanes) is 3. The molecule has 2 nitrogen and oxygen atoms in total. The zero-order valence-electron chi connectivity index (χ0n) is 12.0. The standard InChI is InChI=1S/C16H27NO/c1-4-5-6-7-11-18-16-10-8-9-15(12-16)13-17-14(2)3/h8-10,12,14,17H,4-7,11,13H2,1-3H3. The number of rotatable bonds is 9. The van der Waals surface area contributed by atoms with Crippen molar-refractivity contribution in [2.45, 2.75) is 59.0 Å². The average Bonchev–Trinajstić information content (AvgIpc) is 2.37. The molecule has 1 aromatic carbocycles. The summed E-state index contributed by atoms with van der Waals surface area (Å²) in [5.41, 5.74) is 1.29. The van der Waals surface area contributed by atoms with Crippen molar-refractivity contribution < 1.29 is 4.74 Å². The van der Waals surface area contributed by atoms with Gasteiger partial charge in [0, 0.05) is 12.6 Å². The third-order valence-corrected chi connectivity index (χ3v) is 2.88. The van der Waals surface area contributed by atoms with Gasteiger partial charge in [-0.15, -0.1) is 0 Å². The quantitative estimate of drug-likeness (QED) is 0.664. The molecular weight excluding hydrogens is 222 g/mol. The summed E-state index contributed by atoms with van der Waals surface area (Å²) in [6.07, 6.45) is 5.01. The number of ether oxygens (including phenoxy) is 1. The Bertz CT molecular complexity index is 323. The Morgan fingerprint density at radius 1 is 1.17 bits per heavy atom. The predicted octanol–water partition coefficient (Wildman–Crippen LogP) is 4.14. The summed E-state index contributed by atoms with van der Waals surface area (Å²) in [7, 11) is 0. The molecule has 0 unspecified atom stereocenters. The lowest BCUT2D eigenvalue weighted by atomic mass is 10.2. The van der Waals surface area contributed by atoms with Crippen LogP contribution in [0.1, 0.15) is 52.0 Å². The normalized spacial score (nSPS) is 10.9. The van der Waals surface area contributed by atoms with E-state index >= 15 is 0 Å². The van der Waals surface area contributed by atoms with E-state index < -0.39 is 0 Å². The summed E-state index contributed by atoms with van der Waals surface area (Å²) in [5, 5.41) is 3.42. The highest BCUT2D eigenvalue weighted by Crippen LogP contribution is 2.14. The first-order valence-electron chi connectivity index (χ1n) is 7.17. The van der Waals surface area contributed by atoms with Crippen LogP contribution in [0.15, 0.2) is 24.3 Å².